The van der Waals surface area contributed by atoms with E-state index >= 15 is 0 Å². The largest absolute Gasteiger partial charge is 0.495 e. The maximum Gasteiger partial charge on any atom is 0.304 e. The maximum atomic E-state index is 12.5. The number of carbonyl (C=O) groups is 1. The number of hydrogen-bond acceptors (Lipinski definition) is 5. The first-order valence-corrected chi connectivity index (χ1v) is 7.61. The van der Waals surface area contributed by atoms with Gasteiger partial charge in [-0.2, -0.15) is 0 Å². The van der Waals surface area contributed by atoms with E-state index in [2.05, 4.69) is 0 Å². The van der Waals surface area contributed by atoms with Crippen molar-refractivity contribution in [2.45, 2.75) is 17.9 Å². The summed E-state index contributed by atoms with van der Waals surface area (Å²) < 4.78 is 36.0. The number of carboxylic acids is 1. The predicted molar refractivity (Wildman–Crippen MR) is 75.8 cm³/mol. The van der Waals surface area contributed by atoms with Crippen LogP contribution in [0, 0.1) is 0 Å². The molecule has 0 atom stereocenters. The second-order valence-electron chi connectivity index (χ2n) is 4.39. The van der Waals surface area contributed by atoms with Crippen LogP contribution in [0.1, 0.15) is 12.0 Å². The molecule has 0 saturated heterocycles. The number of carboxylic acid groups (broad SMARTS) is 1. The zero-order chi connectivity index (χ0) is 16.0. The number of sulfonamides is 1. The Hall–Kier alpha value is -1.64. The van der Waals surface area contributed by atoms with Crippen LogP contribution in [-0.4, -0.2) is 51.6 Å². The first-order valence-electron chi connectivity index (χ1n) is 6.17. The Morgan fingerprint density at radius 1 is 1.33 bits per heavy atom. The van der Waals surface area contributed by atoms with Crippen molar-refractivity contribution in [2.24, 2.45) is 0 Å². The summed E-state index contributed by atoms with van der Waals surface area (Å²) in [5, 5.41) is 8.65. The maximum absolute atomic E-state index is 12.5. The quantitative estimate of drug-likeness (QED) is 0.767. The highest BCUT2D eigenvalue weighted by molar-refractivity contribution is 7.89. The third-order valence-corrected chi connectivity index (χ3v) is 4.75. The number of ether oxygens (including phenoxy) is 2. The summed E-state index contributed by atoms with van der Waals surface area (Å²) in [6.45, 7) is 0.153. The average Bonchev–Trinajstić information content (AvgIpc) is 2.44. The van der Waals surface area contributed by atoms with Crippen molar-refractivity contribution in [3.63, 3.8) is 0 Å². The lowest BCUT2D eigenvalue weighted by molar-refractivity contribution is -0.137. The van der Waals surface area contributed by atoms with Gasteiger partial charge in [0.2, 0.25) is 10.0 Å². The first-order chi connectivity index (χ1) is 9.82. The lowest BCUT2D eigenvalue weighted by Crippen LogP contribution is -2.29. The van der Waals surface area contributed by atoms with E-state index in [1.54, 1.807) is 12.1 Å². The van der Waals surface area contributed by atoms with E-state index in [4.69, 9.17) is 14.6 Å². The summed E-state index contributed by atoms with van der Waals surface area (Å²) in [6, 6.07) is 4.72. The molecule has 0 aliphatic heterocycles. The Labute approximate surface area is 124 Å². The zero-order valence-corrected chi connectivity index (χ0v) is 13.0. The average molecular weight is 317 g/mol. The number of hydrogen-bond donors (Lipinski definition) is 1. The predicted octanol–water partition coefficient (Wildman–Crippen LogP) is 0.937. The van der Waals surface area contributed by atoms with E-state index < -0.39 is 16.0 Å². The molecular weight excluding hydrogens is 298 g/mol. The van der Waals surface area contributed by atoms with Crippen LogP contribution in [0.4, 0.5) is 0 Å². The highest BCUT2D eigenvalue weighted by Gasteiger charge is 2.25. The SMILES string of the molecule is COCc1ccc(OC)c(S(=O)(=O)N(C)CCC(=O)O)c1. The molecule has 0 unspecified atom stereocenters. The molecule has 1 aromatic carbocycles. The van der Waals surface area contributed by atoms with E-state index in [9.17, 15) is 13.2 Å². The van der Waals surface area contributed by atoms with E-state index in [1.807, 2.05) is 0 Å². The third-order valence-electron chi connectivity index (χ3n) is 2.87. The first kappa shape index (κ1) is 17.4. The van der Waals surface area contributed by atoms with Gasteiger partial charge in [-0.3, -0.25) is 4.79 Å². The van der Waals surface area contributed by atoms with Crippen LogP contribution in [-0.2, 0) is 26.2 Å². The summed E-state index contributed by atoms with van der Waals surface area (Å²) in [6.07, 6.45) is -0.268. The van der Waals surface area contributed by atoms with Crippen LogP contribution in [0.15, 0.2) is 23.1 Å². The summed E-state index contributed by atoms with van der Waals surface area (Å²) in [4.78, 5) is 10.6. The highest BCUT2D eigenvalue weighted by atomic mass is 32.2. The van der Waals surface area contributed by atoms with Crippen LogP contribution < -0.4 is 4.74 Å². The fraction of sp³-hybridized carbons (Fsp3) is 0.462. The third kappa shape index (κ3) is 4.42. The molecule has 0 aromatic heterocycles. The molecule has 1 rings (SSSR count). The molecule has 0 aliphatic carbocycles. The molecule has 0 radical (unpaired) electrons. The van der Waals surface area contributed by atoms with Gasteiger partial charge in [0.1, 0.15) is 10.6 Å². The minimum Gasteiger partial charge on any atom is -0.495 e. The van der Waals surface area contributed by atoms with Crippen molar-refractivity contribution in [1.82, 2.24) is 4.31 Å². The van der Waals surface area contributed by atoms with Gasteiger partial charge in [-0.25, -0.2) is 12.7 Å². The van der Waals surface area contributed by atoms with Crippen molar-refractivity contribution in [3.8, 4) is 5.75 Å². The molecule has 1 aromatic rings. The van der Waals surface area contributed by atoms with E-state index in [0.29, 0.717) is 5.56 Å². The summed E-state index contributed by atoms with van der Waals surface area (Å²) >= 11 is 0. The van der Waals surface area contributed by atoms with Gasteiger partial charge in [0.05, 0.1) is 20.1 Å². The van der Waals surface area contributed by atoms with Gasteiger partial charge in [-0.1, -0.05) is 6.07 Å². The van der Waals surface area contributed by atoms with E-state index in [0.717, 1.165) is 4.31 Å². The smallest absolute Gasteiger partial charge is 0.304 e. The number of rotatable bonds is 8. The lowest BCUT2D eigenvalue weighted by atomic mass is 10.2. The van der Waals surface area contributed by atoms with Crippen LogP contribution >= 0.6 is 0 Å². The van der Waals surface area contributed by atoms with Gasteiger partial charge in [0.25, 0.3) is 0 Å². The van der Waals surface area contributed by atoms with Crippen LogP contribution in [0.25, 0.3) is 0 Å². The van der Waals surface area contributed by atoms with Crippen molar-refractivity contribution >= 4 is 16.0 Å². The molecule has 118 valence electrons. The Balaban J connectivity index is 3.15. The van der Waals surface area contributed by atoms with Gasteiger partial charge in [0.15, 0.2) is 0 Å². The highest BCUT2D eigenvalue weighted by Crippen LogP contribution is 2.27. The van der Waals surface area contributed by atoms with Gasteiger partial charge >= 0.3 is 5.97 Å². The molecule has 8 heteroatoms. The van der Waals surface area contributed by atoms with Crippen molar-refractivity contribution in [1.29, 1.82) is 0 Å². The lowest BCUT2D eigenvalue weighted by Gasteiger charge is -2.18. The standard InChI is InChI=1S/C13H19NO6S/c1-14(7-6-13(15)16)21(17,18)12-8-10(9-19-2)4-5-11(12)20-3/h4-5,8H,6-7,9H2,1-3H3,(H,15,16). The zero-order valence-electron chi connectivity index (χ0n) is 12.2. The Bertz CT molecular complexity index is 599. The Morgan fingerprint density at radius 3 is 2.52 bits per heavy atom. The number of benzene rings is 1. The molecule has 7 nitrogen and oxygen atoms in total. The summed E-state index contributed by atoms with van der Waals surface area (Å²) in [5.41, 5.74) is 0.684. The number of methoxy groups -OCH3 is 2. The van der Waals surface area contributed by atoms with Gasteiger partial charge in [-0.15, -0.1) is 0 Å². The molecule has 0 spiro atoms. The van der Waals surface area contributed by atoms with Crippen LogP contribution in [0.3, 0.4) is 0 Å². The minimum absolute atomic E-state index is 0.00700. The van der Waals surface area contributed by atoms with Crippen LogP contribution in [0.2, 0.25) is 0 Å². The molecule has 21 heavy (non-hydrogen) atoms. The molecule has 0 aliphatic rings. The summed E-state index contributed by atoms with van der Waals surface area (Å²) in [5.74, 6) is -0.853. The van der Waals surface area contributed by atoms with Crippen molar-refractivity contribution in [2.75, 3.05) is 27.8 Å². The topological polar surface area (TPSA) is 93.1 Å². The fourth-order valence-corrected chi connectivity index (χ4v) is 3.09. The summed E-state index contributed by atoms with van der Waals surface area (Å²) in [7, 11) is 0.393. The molecule has 0 heterocycles. The Kier molecular flexibility index (Phi) is 6.13. The Morgan fingerprint density at radius 2 is 2.00 bits per heavy atom. The number of aliphatic carboxylic acids is 1. The second kappa shape index (κ2) is 7.39. The molecule has 0 saturated carbocycles. The molecule has 1 N–H and O–H groups in total. The van der Waals surface area contributed by atoms with Crippen LogP contribution in [0.5, 0.6) is 5.75 Å². The van der Waals surface area contributed by atoms with E-state index in [1.165, 1.54) is 27.3 Å². The van der Waals surface area contributed by atoms with Crippen molar-refractivity contribution in [3.05, 3.63) is 23.8 Å². The molecular formula is C13H19NO6S. The number of nitrogens with zero attached hydrogens (tertiary/aromatic N) is 1. The van der Waals surface area contributed by atoms with Crippen molar-refractivity contribution < 1.29 is 27.8 Å². The van der Waals surface area contributed by atoms with E-state index in [-0.39, 0.29) is 30.2 Å². The molecule has 0 bridgehead atoms. The van der Waals surface area contributed by atoms with Gasteiger partial charge in [0, 0.05) is 20.7 Å². The minimum atomic E-state index is -3.83. The normalized spacial score (nSPS) is 11.6. The molecule has 0 fully saturated rings. The molecule has 0 amide bonds. The second-order valence-corrected chi connectivity index (χ2v) is 6.40. The monoisotopic (exact) mass is 317 g/mol. The van der Waals surface area contributed by atoms with Gasteiger partial charge < -0.3 is 14.6 Å². The fourth-order valence-electron chi connectivity index (χ4n) is 1.72. The van der Waals surface area contributed by atoms with Gasteiger partial charge in [-0.05, 0) is 17.7 Å².